The van der Waals surface area contributed by atoms with Crippen molar-refractivity contribution in [1.82, 2.24) is 0 Å². The van der Waals surface area contributed by atoms with E-state index in [-0.39, 0.29) is 12.8 Å². The lowest BCUT2D eigenvalue weighted by Crippen LogP contribution is -2.21. The molecule has 1 atom stereocenters. The van der Waals surface area contributed by atoms with Gasteiger partial charge in [0.2, 0.25) is 0 Å². The molecular weight excluding hydrogens is 253 g/mol. The highest BCUT2D eigenvalue weighted by molar-refractivity contribution is 5.32. The normalized spacial score (nSPS) is 14.2. The predicted molar refractivity (Wildman–Crippen MR) is 63.9 cm³/mol. The fourth-order valence-electron chi connectivity index (χ4n) is 1.75. The lowest BCUT2D eigenvalue weighted by molar-refractivity contribution is -0.138. The van der Waals surface area contributed by atoms with Gasteiger partial charge in [-0.1, -0.05) is 12.1 Å². The molecule has 1 unspecified atom stereocenters. The number of benzene rings is 1. The van der Waals surface area contributed by atoms with Crippen molar-refractivity contribution in [3.05, 3.63) is 35.4 Å². The van der Waals surface area contributed by atoms with Crippen molar-refractivity contribution < 1.29 is 13.2 Å². The van der Waals surface area contributed by atoms with Crippen LogP contribution in [0.25, 0.3) is 0 Å². The van der Waals surface area contributed by atoms with Crippen molar-refractivity contribution >= 4 is 0 Å². The Morgan fingerprint density at radius 1 is 1.05 bits per heavy atom. The number of hydrogen-bond donors (Lipinski definition) is 0. The van der Waals surface area contributed by atoms with Crippen LogP contribution in [-0.2, 0) is 6.42 Å². The van der Waals surface area contributed by atoms with E-state index in [2.05, 4.69) is 0 Å². The SMILES string of the molecule is CC(C#N)(CCC(F)(F)F)Cc1ccc(C#N)cc1. The van der Waals surface area contributed by atoms with Gasteiger partial charge in [0.25, 0.3) is 0 Å². The number of rotatable bonds is 4. The number of hydrogen-bond acceptors (Lipinski definition) is 2. The van der Waals surface area contributed by atoms with Crippen LogP contribution in [0.15, 0.2) is 24.3 Å². The van der Waals surface area contributed by atoms with Crippen LogP contribution in [0.1, 0.15) is 30.9 Å². The van der Waals surface area contributed by atoms with E-state index in [1.165, 1.54) is 6.92 Å². The lowest BCUT2D eigenvalue weighted by Gasteiger charge is -2.22. The topological polar surface area (TPSA) is 47.6 Å². The molecule has 19 heavy (non-hydrogen) atoms. The maximum atomic E-state index is 12.2. The van der Waals surface area contributed by atoms with Gasteiger partial charge in [0.15, 0.2) is 0 Å². The summed E-state index contributed by atoms with van der Waals surface area (Å²) < 4.78 is 36.6. The van der Waals surface area contributed by atoms with Gasteiger partial charge in [-0.2, -0.15) is 23.7 Å². The molecule has 0 aliphatic rings. The molecule has 0 aliphatic heterocycles. The van der Waals surface area contributed by atoms with Crippen LogP contribution in [0.3, 0.4) is 0 Å². The lowest BCUT2D eigenvalue weighted by atomic mass is 9.81. The second-order valence-electron chi connectivity index (χ2n) is 4.77. The molecule has 0 N–H and O–H groups in total. The Bertz CT molecular complexity index is 505. The number of alkyl halides is 3. The molecule has 100 valence electrons. The van der Waals surface area contributed by atoms with Gasteiger partial charge in [0.1, 0.15) is 0 Å². The maximum absolute atomic E-state index is 12.2. The zero-order valence-corrected chi connectivity index (χ0v) is 10.5. The van der Waals surface area contributed by atoms with Gasteiger partial charge >= 0.3 is 6.18 Å². The second kappa shape index (κ2) is 5.75. The third-order valence-electron chi connectivity index (χ3n) is 2.91. The molecule has 5 heteroatoms. The van der Waals surface area contributed by atoms with Crippen LogP contribution in [-0.4, -0.2) is 6.18 Å². The molecule has 2 nitrogen and oxygen atoms in total. The molecule has 0 fully saturated rings. The molecular formula is C14H13F3N2. The minimum atomic E-state index is -4.25. The molecule has 0 radical (unpaired) electrons. The van der Waals surface area contributed by atoms with Crippen LogP contribution in [0, 0.1) is 28.1 Å². The van der Waals surface area contributed by atoms with Crippen LogP contribution >= 0.6 is 0 Å². The van der Waals surface area contributed by atoms with Crippen molar-refractivity contribution in [2.45, 2.75) is 32.4 Å². The zero-order valence-electron chi connectivity index (χ0n) is 10.5. The second-order valence-corrected chi connectivity index (χ2v) is 4.77. The summed E-state index contributed by atoms with van der Waals surface area (Å²) in [4.78, 5) is 0. The first-order chi connectivity index (χ1) is 8.78. The van der Waals surface area contributed by atoms with Crippen LogP contribution < -0.4 is 0 Å². The Hall–Kier alpha value is -2.01. The van der Waals surface area contributed by atoms with Crippen LogP contribution in [0.2, 0.25) is 0 Å². The van der Waals surface area contributed by atoms with Crippen molar-refractivity contribution in [2.75, 3.05) is 0 Å². The highest BCUT2D eigenvalue weighted by Crippen LogP contribution is 2.33. The minimum Gasteiger partial charge on any atom is -0.198 e. The van der Waals surface area contributed by atoms with E-state index in [0.29, 0.717) is 5.56 Å². The van der Waals surface area contributed by atoms with Gasteiger partial charge in [0.05, 0.1) is 23.1 Å². The van der Waals surface area contributed by atoms with Gasteiger partial charge in [-0.3, -0.25) is 0 Å². The first-order valence-corrected chi connectivity index (χ1v) is 5.75. The fourth-order valence-corrected chi connectivity index (χ4v) is 1.75. The summed E-state index contributed by atoms with van der Waals surface area (Å²) in [7, 11) is 0. The van der Waals surface area contributed by atoms with Gasteiger partial charge < -0.3 is 0 Å². The Labute approximate surface area is 110 Å². The first kappa shape index (κ1) is 15.0. The molecule has 0 bridgehead atoms. The molecule has 0 aromatic heterocycles. The maximum Gasteiger partial charge on any atom is 0.389 e. The fraction of sp³-hybridized carbons (Fsp3) is 0.429. The standard InChI is InChI=1S/C14H13F3N2/c1-13(10-19,6-7-14(15,16)17)8-11-2-4-12(9-18)5-3-11/h2-5H,6-8H2,1H3. The smallest absolute Gasteiger partial charge is 0.198 e. The van der Waals surface area contributed by atoms with E-state index in [1.807, 2.05) is 12.1 Å². The summed E-state index contributed by atoms with van der Waals surface area (Å²) in [5.74, 6) is 0. The Morgan fingerprint density at radius 2 is 1.63 bits per heavy atom. The van der Waals surface area contributed by atoms with E-state index >= 15 is 0 Å². The molecule has 0 amide bonds. The Morgan fingerprint density at radius 3 is 2.05 bits per heavy atom. The molecule has 1 aromatic rings. The molecule has 1 rings (SSSR count). The Kier molecular flexibility index (Phi) is 4.56. The summed E-state index contributed by atoms with van der Waals surface area (Å²) in [6.45, 7) is 1.52. The van der Waals surface area contributed by atoms with Crippen molar-refractivity contribution in [2.24, 2.45) is 5.41 Å². The van der Waals surface area contributed by atoms with Crippen LogP contribution in [0.4, 0.5) is 13.2 Å². The minimum absolute atomic E-state index is 0.229. The van der Waals surface area contributed by atoms with Crippen LogP contribution in [0.5, 0.6) is 0 Å². The monoisotopic (exact) mass is 266 g/mol. The highest BCUT2D eigenvalue weighted by Gasteiger charge is 2.33. The highest BCUT2D eigenvalue weighted by atomic mass is 19.4. The van der Waals surface area contributed by atoms with E-state index in [4.69, 9.17) is 10.5 Å². The van der Waals surface area contributed by atoms with Gasteiger partial charge in [-0.15, -0.1) is 0 Å². The van der Waals surface area contributed by atoms with E-state index in [9.17, 15) is 13.2 Å². The van der Waals surface area contributed by atoms with Crippen molar-refractivity contribution in [3.63, 3.8) is 0 Å². The number of nitriles is 2. The quantitative estimate of drug-likeness (QED) is 0.827. The third-order valence-corrected chi connectivity index (χ3v) is 2.91. The summed E-state index contributed by atoms with van der Waals surface area (Å²) in [5, 5.41) is 17.7. The summed E-state index contributed by atoms with van der Waals surface area (Å²) in [6.07, 6.45) is -5.20. The summed E-state index contributed by atoms with van der Waals surface area (Å²) in [5.41, 5.74) is 0.187. The average molecular weight is 266 g/mol. The van der Waals surface area contributed by atoms with Gasteiger partial charge in [-0.25, -0.2) is 0 Å². The van der Waals surface area contributed by atoms with Gasteiger partial charge in [0, 0.05) is 6.42 Å². The largest absolute Gasteiger partial charge is 0.389 e. The molecule has 0 saturated carbocycles. The van der Waals surface area contributed by atoms with E-state index < -0.39 is 18.0 Å². The third kappa shape index (κ3) is 5.01. The molecule has 0 saturated heterocycles. The van der Waals surface area contributed by atoms with Crippen molar-refractivity contribution in [1.29, 1.82) is 10.5 Å². The summed E-state index contributed by atoms with van der Waals surface area (Å²) >= 11 is 0. The predicted octanol–water partition coefficient (Wildman–Crippen LogP) is 3.97. The molecule has 0 spiro atoms. The first-order valence-electron chi connectivity index (χ1n) is 5.75. The number of nitrogens with zero attached hydrogens (tertiary/aromatic N) is 2. The molecule has 0 aliphatic carbocycles. The molecule has 1 aromatic carbocycles. The van der Waals surface area contributed by atoms with E-state index in [0.717, 1.165) is 5.56 Å². The van der Waals surface area contributed by atoms with Gasteiger partial charge in [-0.05, 0) is 37.5 Å². The Balaban J connectivity index is 2.75. The number of halogens is 3. The summed E-state index contributed by atoms with van der Waals surface area (Å²) in [6, 6.07) is 10.5. The average Bonchev–Trinajstić information content (AvgIpc) is 2.37. The zero-order chi connectivity index (χ0) is 14.5. The molecule has 0 heterocycles. The van der Waals surface area contributed by atoms with Crippen molar-refractivity contribution in [3.8, 4) is 12.1 Å². The van der Waals surface area contributed by atoms with E-state index in [1.54, 1.807) is 24.3 Å².